The molecule has 0 radical (unpaired) electrons. The first kappa shape index (κ1) is 9.31. The summed E-state index contributed by atoms with van der Waals surface area (Å²) in [7, 11) is 0. The van der Waals surface area contributed by atoms with Gasteiger partial charge in [0.25, 0.3) is 0 Å². The molecular formula is C7H9NO3S. The maximum absolute atomic E-state index is 10.6. The number of hydrogen-bond acceptors (Lipinski definition) is 3. The van der Waals surface area contributed by atoms with E-state index >= 15 is 0 Å². The van der Waals surface area contributed by atoms with Gasteiger partial charge in [-0.1, -0.05) is 6.07 Å². The molecule has 1 aromatic rings. The molecule has 2 N–H and O–H groups in total. The van der Waals surface area contributed by atoms with Crippen LogP contribution in [0.25, 0.3) is 0 Å². The molecule has 0 aliphatic carbocycles. The van der Waals surface area contributed by atoms with E-state index in [4.69, 9.17) is 4.55 Å². The molecule has 0 bridgehead atoms. The zero-order valence-corrected chi connectivity index (χ0v) is 7.28. The molecule has 1 aromatic heterocycles. The van der Waals surface area contributed by atoms with Gasteiger partial charge in [0.2, 0.25) is 4.93 Å². The molecule has 0 aliphatic heterocycles. The third kappa shape index (κ3) is 1.69. The molecule has 1 heterocycles. The highest BCUT2D eigenvalue weighted by atomic mass is 32.2. The van der Waals surface area contributed by atoms with Crippen LogP contribution in [0.4, 0.5) is 0 Å². The van der Waals surface area contributed by atoms with Crippen molar-refractivity contribution < 1.29 is 13.9 Å². The summed E-state index contributed by atoms with van der Waals surface area (Å²) in [6.07, 6.45) is 1.46. The minimum atomic E-state index is -2.33. The topological polar surface area (TPSA) is 70.4 Å². The normalized spacial score (nSPS) is 18.2. The van der Waals surface area contributed by atoms with Gasteiger partial charge in [0, 0.05) is 6.20 Å². The zero-order chi connectivity index (χ0) is 9.19. The SMILES string of the molecule is CC(O)(c1ccccn1)S(=O)O. The van der Waals surface area contributed by atoms with Crippen molar-refractivity contribution in [3.8, 4) is 0 Å². The second-order valence-electron chi connectivity index (χ2n) is 2.45. The number of hydrogen-bond donors (Lipinski definition) is 2. The molecule has 0 saturated carbocycles. The Morgan fingerprint density at radius 3 is 2.67 bits per heavy atom. The van der Waals surface area contributed by atoms with Gasteiger partial charge in [-0.05, 0) is 19.1 Å². The summed E-state index contributed by atoms with van der Waals surface area (Å²) in [5.74, 6) is 0. The fourth-order valence-corrected chi connectivity index (χ4v) is 1.03. The second-order valence-corrected chi connectivity index (χ2v) is 3.74. The molecule has 12 heavy (non-hydrogen) atoms. The summed E-state index contributed by atoms with van der Waals surface area (Å²) in [5, 5.41) is 9.45. The standard InChI is InChI=1S/C7H9NO3S/c1-7(9,12(10)11)6-4-2-3-5-8-6/h2-5,9H,1H3,(H,10,11). The van der Waals surface area contributed by atoms with E-state index in [-0.39, 0.29) is 5.69 Å². The molecule has 1 rings (SSSR count). The van der Waals surface area contributed by atoms with Gasteiger partial charge in [-0.15, -0.1) is 0 Å². The van der Waals surface area contributed by atoms with Gasteiger partial charge < -0.3 is 9.66 Å². The maximum Gasteiger partial charge on any atom is 0.205 e. The summed E-state index contributed by atoms with van der Waals surface area (Å²) < 4.78 is 19.4. The Hall–Kier alpha value is -0.780. The van der Waals surface area contributed by atoms with Gasteiger partial charge in [0.05, 0.1) is 5.69 Å². The van der Waals surface area contributed by atoms with Crippen LogP contribution in [-0.4, -0.2) is 18.9 Å². The van der Waals surface area contributed by atoms with Crippen molar-refractivity contribution in [2.75, 3.05) is 0 Å². The van der Waals surface area contributed by atoms with Crippen molar-refractivity contribution in [3.05, 3.63) is 30.1 Å². The largest absolute Gasteiger partial charge is 0.370 e. The number of aromatic nitrogens is 1. The first-order chi connectivity index (χ1) is 5.55. The first-order valence-corrected chi connectivity index (χ1v) is 4.40. The minimum absolute atomic E-state index is 0.186. The summed E-state index contributed by atoms with van der Waals surface area (Å²) in [6.45, 7) is 1.24. The van der Waals surface area contributed by atoms with Crippen LogP contribution in [0.3, 0.4) is 0 Å². The highest BCUT2D eigenvalue weighted by Crippen LogP contribution is 2.20. The van der Waals surface area contributed by atoms with Crippen LogP contribution in [0.5, 0.6) is 0 Å². The third-order valence-electron chi connectivity index (χ3n) is 1.48. The molecular weight excluding hydrogens is 178 g/mol. The Labute approximate surface area is 72.6 Å². The van der Waals surface area contributed by atoms with Crippen molar-refractivity contribution in [3.63, 3.8) is 0 Å². The molecule has 5 heteroatoms. The zero-order valence-electron chi connectivity index (χ0n) is 6.47. The van der Waals surface area contributed by atoms with Crippen molar-refractivity contribution in [1.29, 1.82) is 0 Å². The second kappa shape index (κ2) is 3.30. The van der Waals surface area contributed by atoms with Gasteiger partial charge in [-0.2, -0.15) is 0 Å². The minimum Gasteiger partial charge on any atom is -0.370 e. The fraction of sp³-hybridized carbons (Fsp3) is 0.286. The third-order valence-corrected chi connectivity index (χ3v) is 2.37. The summed E-state index contributed by atoms with van der Waals surface area (Å²) >= 11 is -2.33. The van der Waals surface area contributed by atoms with Crippen LogP contribution in [0.15, 0.2) is 24.4 Å². The molecule has 0 fully saturated rings. The van der Waals surface area contributed by atoms with Gasteiger partial charge in [-0.3, -0.25) is 4.98 Å². The average Bonchev–Trinajstić information content (AvgIpc) is 2.06. The first-order valence-electron chi connectivity index (χ1n) is 3.30. The Kier molecular flexibility index (Phi) is 2.56. The summed E-state index contributed by atoms with van der Waals surface area (Å²) in [4.78, 5) is 1.98. The van der Waals surface area contributed by atoms with E-state index in [2.05, 4.69) is 4.98 Å². The number of aliphatic hydroxyl groups is 1. The van der Waals surface area contributed by atoms with E-state index in [1.54, 1.807) is 12.1 Å². The van der Waals surface area contributed by atoms with E-state index in [0.717, 1.165) is 0 Å². The lowest BCUT2D eigenvalue weighted by atomic mass is 10.2. The van der Waals surface area contributed by atoms with Gasteiger partial charge >= 0.3 is 0 Å². The van der Waals surface area contributed by atoms with Crippen LogP contribution < -0.4 is 0 Å². The van der Waals surface area contributed by atoms with Crippen LogP contribution in [0, 0.1) is 0 Å². The average molecular weight is 187 g/mol. The molecule has 4 nitrogen and oxygen atoms in total. The van der Waals surface area contributed by atoms with Gasteiger partial charge in [-0.25, -0.2) is 4.21 Å². The molecule has 66 valence electrons. The lowest BCUT2D eigenvalue weighted by Crippen LogP contribution is -2.27. The Morgan fingerprint density at radius 1 is 1.58 bits per heavy atom. The summed E-state index contributed by atoms with van der Waals surface area (Å²) in [5.41, 5.74) is 0.186. The molecule has 2 unspecified atom stereocenters. The fourth-order valence-electron chi connectivity index (χ4n) is 0.727. The van der Waals surface area contributed by atoms with Gasteiger partial charge in [0.1, 0.15) is 0 Å². The Morgan fingerprint density at radius 2 is 2.25 bits per heavy atom. The van der Waals surface area contributed by atoms with Gasteiger partial charge in [0.15, 0.2) is 11.1 Å². The predicted octanol–water partition coefficient (Wildman–Crippen LogP) is 0.468. The highest BCUT2D eigenvalue weighted by Gasteiger charge is 2.31. The van der Waals surface area contributed by atoms with Crippen LogP contribution in [-0.2, 0) is 16.0 Å². The van der Waals surface area contributed by atoms with E-state index < -0.39 is 16.0 Å². The Balaban J connectivity index is 3.06. The predicted molar refractivity (Wildman–Crippen MR) is 44.6 cm³/mol. The van der Waals surface area contributed by atoms with Crippen molar-refractivity contribution >= 4 is 11.1 Å². The van der Waals surface area contributed by atoms with Crippen molar-refractivity contribution in [1.82, 2.24) is 4.98 Å². The number of nitrogens with zero attached hydrogens (tertiary/aromatic N) is 1. The van der Waals surface area contributed by atoms with E-state index in [1.165, 1.54) is 19.2 Å². The maximum atomic E-state index is 10.6. The molecule has 0 aliphatic rings. The lowest BCUT2D eigenvalue weighted by Gasteiger charge is -2.17. The van der Waals surface area contributed by atoms with Crippen LogP contribution in [0.2, 0.25) is 0 Å². The van der Waals surface area contributed by atoms with Crippen molar-refractivity contribution in [2.45, 2.75) is 11.9 Å². The van der Waals surface area contributed by atoms with Crippen LogP contribution in [0.1, 0.15) is 12.6 Å². The smallest absolute Gasteiger partial charge is 0.205 e. The number of rotatable bonds is 2. The molecule has 0 saturated heterocycles. The number of pyridine rings is 1. The molecule has 0 spiro atoms. The van der Waals surface area contributed by atoms with E-state index in [0.29, 0.717) is 0 Å². The molecule has 2 atom stereocenters. The van der Waals surface area contributed by atoms with E-state index in [1.807, 2.05) is 0 Å². The monoisotopic (exact) mass is 187 g/mol. The summed E-state index contributed by atoms with van der Waals surface area (Å²) in [6, 6.07) is 4.80. The van der Waals surface area contributed by atoms with Crippen LogP contribution >= 0.6 is 0 Å². The molecule has 0 aromatic carbocycles. The lowest BCUT2D eigenvalue weighted by molar-refractivity contribution is 0.138. The Bertz CT molecular complexity index is 286. The van der Waals surface area contributed by atoms with E-state index in [9.17, 15) is 9.32 Å². The molecule has 0 amide bonds. The quantitative estimate of drug-likeness (QED) is 0.660. The van der Waals surface area contributed by atoms with Crippen molar-refractivity contribution in [2.24, 2.45) is 0 Å². The highest BCUT2D eigenvalue weighted by molar-refractivity contribution is 7.80.